The Bertz CT molecular complexity index is 647. The van der Waals surface area contributed by atoms with E-state index in [9.17, 15) is 14.4 Å². The van der Waals surface area contributed by atoms with Gasteiger partial charge < -0.3 is 14.9 Å². The van der Waals surface area contributed by atoms with Gasteiger partial charge in [-0.2, -0.15) is 0 Å². The van der Waals surface area contributed by atoms with E-state index >= 15 is 0 Å². The van der Waals surface area contributed by atoms with Crippen molar-refractivity contribution in [3.05, 3.63) is 29.8 Å². The van der Waals surface area contributed by atoms with E-state index in [1.807, 2.05) is 36.1 Å². The van der Waals surface area contributed by atoms with Gasteiger partial charge in [-0.1, -0.05) is 17.7 Å². The zero-order valence-corrected chi connectivity index (χ0v) is 16.1. The van der Waals surface area contributed by atoms with Crippen LogP contribution in [0.25, 0.3) is 0 Å². The van der Waals surface area contributed by atoms with Crippen molar-refractivity contribution in [1.82, 2.24) is 9.80 Å². The molecule has 6 nitrogen and oxygen atoms in total. The first-order valence-electron chi connectivity index (χ1n) is 8.83. The van der Waals surface area contributed by atoms with E-state index < -0.39 is 5.97 Å². The van der Waals surface area contributed by atoms with Crippen LogP contribution >= 0.6 is 11.8 Å². The molecule has 1 saturated heterocycles. The smallest absolute Gasteiger partial charge is 0.323 e. The van der Waals surface area contributed by atoms with E-state index in [0.717, 1.165) is 17.7 Å². The highest BCUT2D eigenvalue weighted by molar-refractivity contribution is 8.00. The number of carboxylic acids is 1. The highest BCUT2D eigenvalue weighted by Gasteiger charge is 2.27. The van der Waals surface area contributed by atoms with Gasteiger partial charge >= 0.3 is 5.97 Å². The van der Waals surface area contributed by atoms with E-state index in [-0.39, 0.29) is 24.4 Å². The normalized spacial score (nSPS) is 17.5. The predicted molar refractivity (Wildman–Crippen MR) is 101 cm³/mol. The largest absolute Gasteiger partial charge is 0.480 e. The monoisotopic (exact) mass is 378 g/mol. The number of nitrogens with zero attached hydrogens (tertiary/aromatic N) is 2. The maximum Gasteiger partial charge on any atom is 0.323 e. The van der Waals surface area contributed by atoms with Gasteiger partial charge in [0.25, 0.3) is 0 Å². The quantitative estimate of drug-likeness (QED) is 0.769. The van der Waals surface area contributed by atoms with Gasteiger partial charge in [0.2, 0.25) is 11.8 Å². The second-order valence-electron chi connectivity index (χ2n) is 6.61. The third-order valence-corrected chi connectivity index (χ3v) is 5.58. The summed E-state index contributed by atoms with van der Waals surface area (Å²) in [5.74, 6) is -0.762. The Kier molecular flexibility index (Phi) is 7.50. The minimum absolute atomic E-state index is 0.0869. The molecule has 0 radical (unpaired) electrons. The molecule has 0 aromatic heterocycles. The number of aryl methyl sites for hydroxylation is 1. The Hall–Kier alpha value is -2.02. The van der Waals surface area contributed by atoms with Crippen molar-refractivity contribution >= 4 is 29.5 Å². The Morgan fingerprint density at radius 2 is 1.88 bits per heavy atom. The van der Waals surface area contributed by atoms with Crippen molar-refractivity contribution in [3.8, 4) is 0 Å². The van der Waals surface area contributed by atoms with Crippen LogP contribution in [0.5, 0.6) is 0 Å². The fourth-order valence-corrected chi connectivity index (χ4v) is 3.96. The third kappa shape index (κ3) is 6.05. The summed E-state index contributed by atoms with van der Waals surface area (Å²) < 4.78 is 0. The Balaban J connectivity index is 1.88. The van der Waals surface area contributed by atoms with Gasteiger partial charge in [0.1, 0.15) is 6.54 Å². The van der Waals surface area contributed by atoms with Crippen LogP contribution in [0, 0.1) is 6.92 Å². The van der Waals surface area contributed by atoms with Crippen molar-refractivity contribution in [3.63, 3.8) is 0 Å². The van der Waals surface area contributed by atoms with Crippen LogP contribution in [-0.2, 0) is 14.4 Å². The number of aliphatic carboxylic acids is 1. The van der Waals surface area contributed by atoms with Gasteiger partial charge in [-0.15, -0.1) is 11.8 Å². The molecule has 1 heterocycles. The van der Waals surface area contributed by atoms with Crippen molar-refractivity contribution in [2.24, 2.45) is 0 Å². The number of carbonyl (C=O) groups is 3. The number of carbonyl (C=O) groups excluding carboxylic acids is 2. The van der Waals surface area contributed by atoms with E-state index in [4.69, 9.17) is 5.11 Å². The molecule has 142 valence electrons. The number of carboxylic acid groups (broad SMARTS) is 1. The molecule has 1 N–H and O–H groups in total. The highest BCUT2D eigenvalue weighted by Crippen LogP contribution is 2.21. The molecule has 0 spiro atoms. The van der Waals surface area contributed by atoms with Gasteiger partial charge in [-0.05, 0) is 38.3 Å². The van der Waals surface area contributed by atoms with Crippen molar-refractivity contribution in [2.75, 3.05) is 25.4 Å². The summed E-state index contributed by atoms with van der Waals surface area (Å²) in [6, 6.07) is 7.97. The summed E-state index contributed by atoms with van der Waals surface area (Å²) in [5, 5.41) is 9.01. The fourth-order valence-electron chi connectivity index (χ4n) is 3.15. The molecule has 7 heteroatoms. The number of thioether (sulfide) groups is 1. The van der Waals surface area contributed by atoms with Crippen LogP contribution in [0.1, 0.15) is 31.7 Å². The van der Waals surface area contributed by atoms with Crippen molar-refractivity contribution in [2.45, 2.75) is 44.0 Å². The number of rotatable bonds is 6. The summed E-state index contributed by atoms with van der Waals surface area (Å²) in [4.78, 5) is 39.6. The van der Waals surface area contributed by atoms with Crippen LogP contribution in [0.15, 0.2) is 29.2 Å². The fraction of sp³-hybridized carbons (Fsp3) is 0.526. The molecule has 0 saturated carbocycles. The lowest BCUT2D eigenvalue weighted by Gasteiger charge is -2.28. The zero-order chi connectivity index (χ0) is 19.1. The first-order valence-corrected chi connectivity index (χ1v) is 9.81. The molecule has 2 rings (SSSR count). The molecule has 1 fully saturated rings. The van der Waals surface area contributed by atoms with Gasteiger partial charge in [0, 0.05) is 31.0 Å². The first-order chi connectivity index (χ1) is 12.4. The van der Waals surface area contributed by atoms with Gasteiger partial charge in [-0.25, -0.2) is 0 Å². The highest BCUT2D eigenvalue weighted by atomic mass is 32.2. The zero-order valence-electron chi connectivity index (χ0n) is 15.3. The summed E-state index contributed by atoms with van der Waals surface area (Å²) >= 11 is 1.52. The number of benzene rings is 1. The SMILES string of the molecule is CC(=O)N(CC(=O)O)C1CCCN(C(=O)CSc2ccc(C)cc2)CC1. The van der Waals surface area contributed by atoms with Crippen LogP contribution < -0.4 is 0 Å². The lowest BCUT2D eigenvalue weighted by Crippen LogP contribution is -2.43. The second-order valence-corrected chi connectivity index (χ2v) is 7.66. The Morgan fingerprint density at radius 3 is 2.50 bits per heavy atom. The van der Waals surface area contributed by atoms with Crippen molar-refractivity contribution < 1.29 is 19.5 Å². The van der Waals surface area contributed by atoms with Crippen LogP contribution in [0.2, 0.25) is 0 Å². The number of amides is 2. The maximum atomic E-state index is 12.5. The van der Waals surface area contributed by atoms with E-state index in [2.05, 4.69) is 0 Å². The van der Waals surface area contributed by atoms with Gasteiger partial charge in [0.05, 0.1) is 5.75 Å². The molecular weight excluding hydrogens is 352 g/mol. The van der Waals surface area contributed by atoms with E-state index in [1.54, 1.807) is 0 Å². The minimum Gasteiger partial charge on any atom is -0.480 e. The molecule has 1 aromatic rings. The second kappa shape index (κ2) is 9.62. The molecule has 1 aliphatic rings. The lowest BCUT2D eigenvalue weighted by molar-refractivity contribution is -0.145. The summed E-state index contributed by atoms with van der Waals surface area (Å²) in [6.07, 6.45) is 2.12. The molecule has 2 amide bonds. The number of hydrogen-bond donors (Lipinski definition) is 1. The van der Waals surface area contributed by atoms with E-state index in [1.165, 1.54) is 29.1 Å². The van der Waals surface area contributed by atoms with Gasteiger partial charge in [0.15, 0.2) is 0 Å². The molecule has 1 aromatic carbocycles. The molecule has 0 bridgehead atoms. The standard InChI is InChI=1S/C19H26N2O4S/c1-14-5-7-17(8-6-14)26-13-18(23)20-10-3-4-16(9-11-20)21(15(2)22)12-19(24)25/h5-8,16H,3-4,9-13H2,1-2H3,(H,24,25). The molecule has 0 aliphatic carbocycles. The molecule has 26 heavy (non-hydrogen) atoms. The molecular formula is C19H26N2O4S. The topological polar surface area (TPSA) is 77.9 Å². The van der Waals surface area contributed by atoms with Crippen LogP contribution in [0.3, 0.4) is 0 Å². The number of hydrogen-bond acceptors (Lipinski definition) is 4. The summed E-state index contributed by atoms with van der Waals surface area (Å²) in [7, 11) is 0. The van der Waals surface area contributed by atoms with Gasteiger partial charge in [-0.3, -0.25) is 14.4 Å². The third-order valence-electron chi connectivity index (χ3n) is 4.58. The molecule has 1 aliphatic heterocycles. The maximum absolute atomic E-state index is 12.5. The Labute approximate surface area is 158 Å². The predicted octanol–water partition coefficient (Wildman–Crippen LogP) is 2.40. The molecule has 1 atom stereocenters. The summed E-state index contributed by atoms with van der Waals surface area (Å²) in [5.41, 5.74) is 1.19. The number of likely N-dealkylation sites (tertiary alicyclic amines) is 1. The average molecular weight is 378 g/mol. The summed E-state index contributed by atoms with van der Waals surface area (Å²) in [6.45, 7) is 4.36. The van der Waals surface area contributed by atoms with Crippen molar-refractivity contribution in [1.29, 1.82) is 0 Å². The van der Waals surface area contributed by atoms with Crippen LogP contribution in [-0.4, -0.2) is 64.1 Å². The minimum atomic E-state index is -1.01. The lowest BCUT2D eigenvalue weighted by atomic mass is 10.1. The first kappa shape index (κ1) is 20.3. The van der Waals surface area contributed by atoms with E-state index in [0.29, 0.717) is 25.3 Å². The average Bonchev–Trinajstić information content (AvgIpc) is 2.84. The van der Waals surface area contributed by atoms with Crippen LogP contribution in [0.4, 0.5) is 0 Å². The molecule has 1 unspecified atom stereocenters. The Morgan fingerprint density at radius 1 is 1.19 bits per heavy atom.